The Labute approximate surface area is 112 Å². The van der Waals surface area contributed by atoms with Gasteiger partial charge < -0.3 is 14.9 Å². The zero-order valence-electron chi connectivity index (χ0n) is 10.4. The normalized spacial score (nSPS) is 26.8. The van der Waals surface area contributed by atoms with E-state index >= 15 is 0 Å². The van der Waals surface area contributed by atoms with Crippen LogP contribution >= 0.6 is 0 Å². The largest absolute Gasteiger partial charge is 0.394 e. The second-order valence-electron chi connectivity index (χ2n) is 4.71. The van der Waals surface area contributed by atoms with E-state index in [1.165, 1.54) is 6.33 Å². The van der Waals surface area contributed by atoms with Crippen molar-refractivity contribution in [2.24, 2.45) is 0 Å². The Bertz CT molecular complexity index is 768. The summed E-state index contributed by atoms with van der Waals surface area (Å²) < 4.78 is 8.89. The van der Waals surface area contributed by atoms with Crippen LogP contribution in [0, 0.1) is 0 Å². The summed E-state index contributed by atoms with van der Waals surface area (Å²) in [7, 11) is 0. The number of imidazole rings is 1. The zero-order chi connectivity index (χ0) is 13.7. The number of ether oxygens (including phenoxy) is 1. The Kier molecular flexibility index (Phi) is 2.46. The molecular weight excluding hydrogens is 264 g/mol. The molecule has 4 rings (SSSR count). The number of aromatic nitrogens is 6. The fourth-order valence-electron chi connectivity index (χ4n) is 2.51. The van der Waals surface area contributed by atoms with Crippen LogP contribution in [0.3, 0.4) is 0 Å². The van der Waals surface area contributed by atoms with Gasteiger partial charge in [-0.25, -0.2) is 19.5 Å². The third-order valence-corrected chi connectivity index (χ3v) is 3.54. The Morgan fingerprint density at radius 3 is 2.95 bits per heavy atom. The topological polar surface area (TPSA) is 111 Å². The van der Waals surface area contributed by atoms with Crippen molar-refractivity contribution in [3.05, 3.63) is 19.0 Å². The van der Waals surface area contributed by atoms with Crippen molar-refractivity contribution in [1.82, 2.24) is 29.1 Å². The quantitative estimate of drug-likeness (QED) is 0.625. The smallest absolute Gasteiger partial charge is 0.186 e. The van der Waals surface area contributed by atoms with Crippen LogP contribution in [0.25, 0.3) is 16.8 Å². The highest BCUT2D eigenvalue weighted by Crippen LogP contribution is 2.30. The summed E-state index contributed by atoms with van der Waals surface area (Å²) in [5.74, 6) is 0. The molecule has 3 aromatic rings. The van der Waals surface area contributed by atoms with Crippen LogP contribution in [0.4, 0.5) is 0 Å². The minimum atomic E-state index is -0.695. The number of hydrogen-bond acceptors (Lipinski definition) is 7. The SMILES string of the molecule is OC[C@H]1O[C@@H](n2cnc3c2ncn2ncnc32)C[C@@H]1O. The van der Waals surface area contributed by atoms with Gasteiger partial charge in [0.2, 0.25) is 0 Å². The van der Waals surface area contributed by atoms with Gasteiger partial charge in [0, 0.05) is 6.42 Å². The van der Waals surface area contributed by atoms with Crippen LogP contribution in [0.15, 0.2) is 19.0 Å². The van der Waals surface area contributed by atoms with Crippen LogP contribution in [-0.4, -0.2) is 58.2 Å². The zero-order valence-corrected chi connectivity index (χ0v) is 10.4. The molecule has 0 aromatic carbocycles. The molecule has 1 aliphatic heterocycles. The highest BCUT2D eigenvalue weighted by Gasteiger charge is 2.35. The molecule has 0 amide bonds. The lowest BCUT2D eigenvalue weighted by molar-refractivity contribution is -0.0432. The molecule has 0 unspecified atom stereocenters. The predicted octanol–water partition coefficient (Wildman–Crippen LogP) is -0.885. The molecule has 4 heterocycles. The molecule has 3 aromatic heterocycles. The van der Waals surface area contributed by atoms with Crippen molar-refractivity contribution in [3.63, 3.8) is 0 Å². The second-order valence-corrected chi connectivity index (χ2v) is 4.71. The molecule has 0 spiro atoms. The fourth-order valence-corrected chi connectivity index (χ4v) is 2.51. The maximum atomic E-state index is 9.80. The maximum absolute atomic E-state index is 9.80. The van der Waals surface area contributed by atoms with Gasteiger partial charge in [0.25, 0.3) is 0 Å². The number of aliphatic hydroxyl groups excluding tert-OH is 2. The monoisotopic (exact) mass is 276 g/mol. The van der Waals surface area contributed by atoms with E-state index in [9.17, 15) is 5.11 Å². The third kappa shape index (κ3) is 1.54. The van der Waals surface area contributed by atoms with Gasteiger partial charge in [0.1, 0.15) is 25.0 Å². The molecule has 3 atom stereocenters. The molecule has 0 saturated carbocycles. The summed E-state index contributed by atoms with van der Waals surface area (Å²) in [4.78, 5) is 12.7. The first-order chi connectivity index (χ1) is 9.78. The highest BCUT2D eigenvalue weighted by atomic mass is 16.5. The maximum Gasteiger partial charge on any atom is 0.186 e. The van der Waals surface area contributed by atoms with Crippen molar-refractivity contribution in [2.45, 2.75) is 24.9 Å². The lowest BCUT2D eigenvalue weighted by Gasteiger charge is -2.13. The van der Waals surface area contributed by atoms with Crippen LogP contribution in [0.2, 0.25) is 0 Å². The molecule has 1 fully saturated rings. The van der Waals surface area contributed by atoms with E-state index in [0.29, 0.717) is 23.2 Å². The molecular formula is C11H12N6O3. The minimum Gasteiger partial charge on any atom is -0.394 e. The number of rotatable bonds is 2. The lowest BCUT2D eigenvalue weighted by Crippen LogP contribution is -2.24. The van der Waals surface area contributed by atoms with Gasteiger partial charge in [-0.3, -0.25) is 4.57 Å². The van der Waals surface area contributed by atoms with Crippen molar-refractivity contribution in [2.75, 3.05) is 6.61 Å². The van der Waals surface area contributed by atoms with Crippen molar-refractivity contribution in [1.29, 1.82) is 0 Å². The molecule has 0 bridgehead atoms. The summed E-state index contributed by atoms with van der Waals surface area (Å²) >= 11 is 0. The van der Waals surface area contributed by atoms with Crippen molar-refractivity contribution in [3.8, 4) is 0 Å². The molecule has 0 aliphatic carbocycles. The summed E-state index contributed by atoms with van der Waals surface area (Å²) in [5.41, 5.74) is 1.85. The Morgan fingerprint density at radius 1 is 1.25 bits per heavy atom. The minimum absolute atomic E-state index is 0.216. The average Bonchev–Trinajstić information content (AvgIpc) is 3.13. The van der Waals surface area contributed by atoms with Gasteiger partial charge in [0.05, 0.1) is 19.0 Å². The van der Waals surface area contributed by atoms with E-state index in [4.69, 9.17) is 9.84 Å². The lowest BCUT2D eigenvalue weighted by atomic mass is 10.2. The summed E-state index contributed by atoms with van der Waals surface area (Å²) in [6, 6.07) is 0. The Balaban J connectivity index is 1.81. The summed E-state index contributed by atoms with van der Waals surface area (Å²) in [5, 5.41) is 22.9. The summed E-state index contributed by atoms with van der Waals surface area (Å²) in [6.07, 6.45) is 3.31. The van der Waals surface area contributed by atoms with Gasteiger partial charge in [0.15, 0.2) is 16.8 Å². The van der Waals surface area contributed by atoms with Gasteiger partial charge in [-0.15, -0.1) is 0 Å². The number of fused-ring (bicyclic) bond motifs is 3. The van der Waals surface area contributed by atoms with Crippen molar-refractivity contribution < 1.29 is 14.9 Å². The van der Waals surface area contributed by atoms with Gasteiger partial charge >= 0.3 is 0 Å². The van der Waals surface area contributed by atoms with Crippen LogP contribution in [-0.2, 0) is 4.74 Å². The van der Waals surface area contributed by atoms with E-state index in [1.807, 2.05) is 0 Å². The van der Waals surface area contributed by atoms with E-state index in [0.717, 1.165) is 0 Å². The Morgan fingerprint density at radius 2 is 2.15 bits per heavy atom. The van der Waals surface area contributed by atoms with Crippen LogP contribution in [0.5, 0.6) is 0 Å². The second kappa shape index (κ2) is 4.20. The average molecular weight is 276 g/mol. The third-order valence-electron chi connectivity index (χ3n) is 3.54. The van der Waals surface area contributed by atoms with Gasteiger partial charge in [-0.1, -0.05) is 0 Å². The first-order valence-corrected chi connectivity index (χ1v) is 6.23. The molecule has 9 nitrogen and oxygen atoms in total. The Hall–Kier alpha value is -2.10. The van der Waals surface area contributed by atoms with Crippen LogP contribution in [0.1, 0.15) is 12.6 Å². The molecule has 2 N–H and O–H groups in total. The van der Waals surface area contributed by atoms with E-state index in [-0.39, 0.29) is 6.61 Å². The molecule has 104 valence electrons. The first kappa shape index (κ1) is 11.7. The van der Waals surface area contributed by atoms with Crippen LogP contribution < -0.4 is 0 Å². The predicted molar refractivity (Wildman–Crippen MR) is 65.7 cm³/mol. The summed E-state index contributed by atoms with van der Waals surface area (Å²) in [6.45, 7) is -0.216. The first-order valence-electron chi connectivity index (χ1n) is 6.23. The van der Waals surface area contributed by atoms with E-state index in [1.54, 1.807) is 21.7 Å². The molecule has 1 aliphatic rings. The molecule has 0 radical (unpaired) electrons. The van der Waals surface area contributed by atoms with E-state index in [2.05, 4.69) is 20.1 Å². The number of nitrogens with zero attached hydrogens (tertiary/aromatic N) is 6. The standard InChI is InChI=1S/C11H12N6O3/c18-2-7-6(19)1-8(20-7)16-4-13-9-10(16)14-5-17-11(9)12-3-15-17/h3-8,18-19H,1-2H2/t6-,7+,8+/m0/s1. The van der Waals surface area contributed by atoms with Crippen molar-refractivity contribution >= 4 is 16.8 Å². The molecule has 9 heteroatoms. The molecule has 1 saturated heterocycles. The number of hydrogen-bond donors (Lipinski definition) is 2. The van der Waals surface area contributed by atoms with Gasteiger partial charge in [-0.05, 0) is 0 Å². The highest BCUT2D eigenvalue weighted by molar-refractivity contribution is 5.84. The molecule has 20 heavy (non-hydrogen) atoms. The van der Waals surface area contributed by atoms with Gasteiger partial charge in [-0.2, -0.15) is 5.10 Å². The fraction of sp³-hybridized carbons (Fsp3) is 0.455. The van der Waals surface area contributed by atoms with E-state index < -0.39 is 18.4 Å². The number of aliphatic hydroxyl groups is 2.